The van der Waals surface area contributed by atoms with E-state index in [1.165, 1.54) is 31.4 Å². The van der Waals surface area contributed by atoms with Crippen molar-refractivity contribution >= 4 is 28.3 Å². The number of methoxy groups -OCH3 is 1. The summed E-state index contributed by atoms with van der Waals surface area (Å²) in [4.78, 5) is 24.5. The van der Waals surface area contributed by atoms with Gasteiger partial charge in [0.05, 0.1) is 29.6 Å². The zero-order chi connectivity index (χ0) is 26.3. The van der Waals surface area contributed by atoms with Crippen molar-refractivity contribution in [1.82, 2.24) is 14.5 Å². The lowest BCUT2D eigenvalue weighted by Gasteiger charge is -2.28. The van der Waals surface area contributed by atoms with E-state index in [1.54, 1.807) is 0 Å². The monoisotopic (exact) mass is 506 g/mol. The summed E-state index contributed by atoms with van der Waals surface area (Å²) in [7, 11) is 3.30. The third kappa shape index (κ3) is 4.27. The Labute approximate surface area is 213 Å². The number of nitrogens with two attached hydrogens (primary N) is 1. The quantitative estimate of drug-likeness (QED) is 0.402. The van der Waals surface area contributed by atoms with Crippen molar-refractivity contribution in [3.05, 3.63) is 65.6 Å². The molecule has 8 nitrogen and oxygen atoms in total. The molecule has 1 saturated heterocycles. The highest BCUT2D eigenvalue weighted by atomic mass is 19.1. The van der Waals surface area contributed by atoms with E-state index in [0.29, 0.717) is 12.2 Å². The maximum absolute atomic E-state index is 14.8. The van der Waals surface area contributed by atoms with Crippen molar-refractivity contribution in [2.24, 2.45) is 12.8 Å². The number of ether oxygens (including phenoxy) is 1. The van der Waals surface area contributed by atoms with Gasteiger partial charge in [0.15, 0.2) is 0 Å². The molecule has 192 valence electrons. The summed E-state index contributed by atoms with van der Waals surface area (Å²) >= 11 is 0. The van der Waals surface area contributed by atoms with Gasteiger partial charge in [0.1, 0.15) is 40.1 Å². The molecule has 1 amide bonds. The van der Waals surface area contributed by atoms with E-state index < -0.39 is 17.5 Å². The second-order valence-electron chi connectivity index (χ2n) is 9.07. The number of imidazole rings is 1. The number of carbonyl (C=O) groups is 1. The average Bonchev–Trinajstić information content (AvgIpc) is 3.48. The Morgan fingerprint density at radius 3 is 2.73 bits per heavy atom. The molecule has 1 aliphatic heterocycles. The molecule has 3 N–H and O–H groups in total. The van der Waals surface area contributed by atoms with Gasteiger partial charge in [-0.05, 0) is 56.2 Å². The highest BCUT2D eigenvalue weighted by Gasteiger charge is 2.29. The zero-order valence-corrected chi connectivity index (χ0v) is 20.9. The Hall–Kier alpha value is -4.05. The number of benzene rings is 2. The average molecular weight is 507 g/mol. The Morgan fingerprint density at radius 2 is 1.97 bits per heavy atom. The fourth-order valence-corrected chi connectivity index (χ4v) is 4.96. The van der Waals surface area contributed by atoms with Gasteiger partial charge < -0.3 is 25.3 Å². The predicted octanol–water partition coefficient (Wildman–Crippen LogP) is 4.41. The molecule has 0 saturated carbocycles. The number of halogens is 2. The first-order valence-electron chi connectivity index (χ1n) is 12.1. The lowest BCUT2D eigenvalue weighted by atomic mass is 10.1. The molecule has 0 unspecified atom stereocenters. The van der Waals surface area contributed by atoms with E-state index in [9.17, 15) is 13.6 Å². The predicted molar refractivity (Wildman–Crippen MR) is 139 cm³/mol. The fourth-order valence-electron chi connectivity index (χ4n) is 4.96. The van der Waals surface area contributed by atoms with Gasteiger partial charge >= 0.3 is 0 Å². The van der Waals surface area contributed by atoms with Gasteiger partial charge in [0.2, 0.25) is 0 Å². The lowest BCUT2D eigenvalue weighted by Crippen LogP contribution is -2.36. The fraction of sp³-hybridized carbons (Fsp3) is 0.296. The van der Waals surface area contributed by atoms with Gasteiger partial charge in [-0.3, -0.25) is 4.79 Å². The van der Waals surface area contributed by atoms with Crippen molar-refractivity contribution in [1.29, 1.82) is 0 Å². The molecule has 0 radical (unpaired) electrons. The summed E-state index contributed by atoms with van der Waals surface area (Å²) in [6.07, 6.45) is 1.92. The summed E-state index contributed by atoms with van der Waals surface area (Å²) in [6.45, 7) is 3.18. The van der Waals surface area contributed by atoms with Gasteiger partial charge in [-0.1, -0.05) is 6.07 Å². The third-order valence-electron chi connectivity index (χ3n) is 6.95. The highest BCUT2D eigenvalue weighted by molar-refractivity contribution is 6.08. The standard InChI is InChI=1S/C27H28F2N6O2/c1-15-31-25-21(34(15)2)12-11-19(26(25)35-13-5-6-16(35)14-30)33-27(36)20-10-9-18(29)24(32-20)23-17(28)7-4-8-22(23)37-3/h4,7-12,16H,5-6,13-14,30H2,1-3H3,(H,33,36)/t16-/m0/s1. The van der Waals surface area contributed by atoms with E-state index in [4.69, 9.17) is 15.5 Å². The van der Waals surface area contributed by atoms with E-state index in [-0.39, 0.29) is 28.7 Å². The van der Waals surface area contributed by atoms with Crippen LogP contribution < -0.4 is 20.7 Å². The molecule has 3 heterocycles. The Bertz CT molecular complexity index is 1500. The van der Waals surface area contributed by atoms with Crippen LogP contribution in [-0.4, -0.2) is 46.7 Å². The van der Waals surface area contributed by atoms with Crippen molar-refractivity contribution in [2.45, 2.75) is 25.8 Å². The number of hydrogen-bond acceptors (Lipinski definition) is 6. The van der Waals surface area contributed by atoms with E-state index >= 15 is 0 Å². The van der Waals surface area contributed by atoms with Crippen LogP contribution >= 0.6 is 0 Å². The number of nitrogens with zero attached hydrogens (tertiary/aromatic N) is 4. The molecule has 4 aromatic rings. The minimum absolute atomic E-state index is 0.0678. The van der Waals surface area contributed by atoms with Crippen molar-refractivity contribution in [3.63, 3.8) is 0 Å². The zero-order valence-electron chi connectivity index (χ0n) is 20.9. The maximum atomic E-state index is 14.8. The van der Waals surface area contributed by atoms with Crippen LogP contribution in [0.1, 0.15) is 29.2 Å². The van der Waals surface area contributed by atoms with Gasteiger partial charge in [0, 0.05) is 26.2 Å². The summed E-state index contributed by atoms with van der Waals surface area (Å²) in [6, 6.07) is 10.4. The first-order valence-corrected chi connectivity index (χ1v) is 12.1. The van der Waals surface area contributed by atoms with Crippen LogP contribution in [0.25, 0.3) is 22.3 Å². The normalized spacial score (nSPS) is 15.4. The first-order chi connectivity index (χ1) is 17.8. The van der Waals surface area contributed by atoms with Crippen molar-refractivity contribution in [3.8, 4) is 17.0 Å². The summed E-state index contributed by atoms with van der Waals surface area (Å²) in [5, 5.41) is 2.93. The Balaban J connectivity index is 1.57. The van der Waals surface area contributed by atoms with Crippen LogP contribution in [0.5, 0.6) is 5.75 Å². The number of aryl methyl sites for hydroxylation is 2. The molecule has 1 atom stereocenters. The first kappa shape index (κ1) is 24.6. The second-order valence-corrected chi connectivity index (χ2v) is 9.07. The van der Waals surface area contributed by atoms with Crippen LogP contribution in [0.4, 0.5) is 20.2 Å². The number of nitrogens with one attached hydrogen (secondary N) is 1. The third-order valence-corrected chi connectivity index (χ3v) is 6.95. The molecule has 0 bridgehead atoms. The van der Waals surface area contributed by atoms with Crippen molar-refractivity contribution in [2.75, 3.05) is 30.4 Å². The van der Waals surface area contributed by atoms with Crippen LogP contribution in [0.3, 0.4) is 0 Å². The number of aromatic nitrogens is 3. The smallest absolute Gasteiger partial charge is 0.274 e. The minimum atomic E-state index is -0.770. The number of amides is 1. The van der Waals surface area contributed by atoms with Crippen LogP contribution in [0.2, 0.25) is 0 Å². The molecular formula is C27H28F2N6O2. The molecule has 5 rings (SSSR count). The number of fused-ring (bicyclic) bond motifs is 1. The van der Waals surface area contributed by atoms with Crippen LogP contribution in [-0.2, 0) is 7.05 Å². The maximum Gasteiger partial charge on any atom is 0.274 e. The van der Waals surface area contributed by atoms with Gasteiger partial charge in [-0.15, -0.1) is 0 Å². The second kappa shape index (κ2) is 9.78. The molecular weight excluding hydrogens is 478 g/mol. The number of carbonyl (C=O) groups excluding carboxylic acids is 1. The molecule has 10 heteroatoms. The number of anilines is 2. The summed E-state index contributed by atoms with van der Waals surface area (Å²) in [5.74, 6) is -1.08. The lowest BCUT2D eigenvalue weighted by molar-refractivity contribution is 0.102. The molecule has 0 spiro atoms. The summed E-state index contributed by atoms with van der Waals surface area (Å²) in [5.41, 5.74) is 8.58. The largest absolute Gasteiger partial charge is 0.496 e. The van der Waals surface area contributed by atoms with Crippen molar-refractivity contribution < 1.29 is 18.3 Å². The molecule has 0 aliphatic carbocycles. The molecule has 1 fully saturated rings. The van der Waals surface area contributed by atoms with Gasteiger partial charge in [-0.25, -0.2) is 18.7 Å². The Kier molecular flexibility index (Phi) is 6.51. The van der Waals surface area contributed by atoms with Gasteiger partial charge in [0.25, 0.3) is 5.91 Å². The molecule has 2 aromatic carbocycles. The highest BCUT2D eigenvalue weighted by Crippen LogP contribution is 2.39. The summed E-state index contributed by atoms with van der Waals surface area (Å²) < 4.78 is 36.6. The topological polar surface area (TPSA) is 98.3 Å². The van der Waals surface area contributed by atoms with Gasteiger partial charge in [-0.2, -0.15) is 0 Å². The van der Waals surface area contributed by atoms with E-state index in [2.05, 4.69) is 15.2 Å². The SMILES string of the molecule is COc1cccc(F)c1-c1nc(C(=O)Nc2ccc3c(nc(C)n3C)c2N2CCC[C@H]2CN)ccc1F. The van der Waals surface area contributed by atoms with E-state index in [0.717, 1.165) is 48.0 Å². The van der Waals surface area contributed by atoms with Crippen LogP contribution in [0, 0.1) is 18.6 Å². The van der Waals surface area contributed by atoms with E-state index in [1.807, 2.05) is 30.7 Å². The molecule has 37 heavy (non-hydrogen) atoms. The minimum Gasteiger partial charge on any atom is -0.496 e. The molecule has 1 aliphatic rings. The van der Waals surface area contributed by atoms with Crippen LogP contribution in [0.15, 0.2) is 42.5 Å². The number of rotatable bonds is 6. The molecule has 2 aromatic heterocycles. The number of pyridine rings is 1. The Morgan fingerprint density at radius 1 is 1.16 bits per heavy atom. The number of hydrogen-bond donors (Lipinski definition) is 2.